The molecule has 6 heteroatoms. The first-order valence-electron chi connectivity index (χ1n) is 10.5. The molecular weight excluding hydrogens is 402 g/mol. The van der Waals surface area contributed by atoms with Gasteiger partial charge in [0.05, 0.1) is 36.2 Å². The molecule has 0 fully saturated rings. The smallest absolute Gasteiger partial charge is 0.252 e. The molecule has 0 unspecified atom stereocenters. The zero-order valence-corrected chi connectivity index (χ0v) is 18.4. The van der Waals surface area contributed by atoms with Gasteiger partial charge in [0.2, 0.25) is 0 Å². The number of nitrogens with zero attached hydrogens (tertiary/aromatic N) is 2. The Hall–Kier alpha value is -3.93. The summed E-state index contributed by atoms with van der Waals surface area (Å²) in [7, 11) is 1.61. The Kier molecular flexibility index (Phi) is 6.31. The van der Waals surface area contributed by atoms with Crippen LogP contribution in [0, 0.1) is 6.92 Å². The van der Waals surface area contributed by atoms with Crippen molar-refractivity contribution >= 4 is 16.8 Å². The highest BCUT2D eigenvalue weighted by Crippen LogP contribution is 2.28. The molecule has 0 bridgehead atoms. The minimum atomic E-state index is -0.172. The summed E-state index contributed by atoms with van der Waals surface area (Å²) in [5, 5.41) is 3.84. The van der Waals surface area contributed by atoms with E-state index in [2.05, 4.69) is 10.3 Å². The van der Waals surface area contributed by atoms with E-state index in [0.717, 1.165) is 27.7 Å². The highest BCUT2D eigenvalue weighted by molar-refractivity contribution is 6.07. The van der Waals surface area contributed by atoms with Gasteiger partial charge in [0.1, 0.15) is 0 Å². The van der Waals surface area contributed by atoms with Crippen molar-refractivity contribution < 1.29 is 14.3 Å². The molecule has 1 N–H and O–H groups in total. The minimum Gasteiger partial charge on any atom is -0.493 e. The van der Waals surface area contributed by atoms with Crippen LogP contribution in [0.4, 0.5) is 0 Å². The van der Waals surface area contributed by atoms with E-state index in [1.54, 1.807) is 19.4 Å². The van der Waals surface area contributed by atoms with Crippen molar-refractivity contribution in [3.05, 3.63) is 83.6 Å². The maximum atomic E-state index is 13.2. The van der Waals surface area contributed by atoms with Gasteiger partial charge in [-0.2, -0.15) is 0 Å². The van der Waals surface area contributed by atoms with Crippen molar-refractivity contribution in [3.8, 4) is 22.9 Å². The van der Waals surface area contributed by atoms with Gasteiger partial charge in [0.15, 0.2) is 11.5 Å². The molecule has 32 heavy (non-hydrogen) atoms. The van der Waals surface area contributed by atoms with Gasteiger partial charge in [-0.25, -0.2) is 4.98 Å². The van der Waals surface area contributed by atoms with Crippen LogP contribution in [0.3, 0.4) is 0 Å². The summed E-state index contributed by atoms with van der Waals surface area (Å²) in [6.45, 7) is 4.81. The standard InChI is InChI=1S/C26H25N3O3/c1-4-32-25-14-18(9-11-24(25)31-3)16-28-26(30)20-15-23(22-7-5-6-12-27-22)29-21-10-8-17(2)13-19(20)21/h5-15H,4,16H2,1-3H3,(H,28,30). The summed E-state index contributed by atoms with van der Waals surface area (Å²) in [4.78, 5) is 22.4. The molecular formula is C26H25N3O3. The molecule has 0 saturated heterocycles. The Balaban J connectivity index is 1.66. The predicted octanol–water partition coefficient (Wildman–Crippen LogP) is 4.94. The topological polar surface area (TPSA) is 73.3 Å². The summed E-state index contributed by atoms with van der Waals surface area (Å²) in [5.74, 6) is 1.15. The van der Waals surface area contributed by atoms with Gasteiger partial charge in [-0.15, -0.1) is 0 Å². The third-order valence-corrected chi connectivity index (χ3v) is 5.12. The van der Waals surface area contributed by atoms with Gasteiger partial charge in [-0.3, -0.25) is 9.78 Å². The fourth-order valence-corrected chi connectivity index (χ4v) is 3.55. The Morgan fingerprint density at radius 2 is 1.88 bits per heavy atom. The molecule has 4 rings (SSSR count). The number of methoxy groups -OCH3 is 1. The maximum absolute atomic E-state index is 13.2. The first-order chi connectivity index (χ1) is 15.6. The van der Waals surface area contributed by atoms with Crippen molar-refractivity contribution in [2.75, 3.05) is 13.7 Å². The first kappa shape index (κ1) is 21.3. The van der Waals surface area contributed by atoms with E-state index in [1.807, 2.05) is 68.4 Å². The highest BCUT2D eigenvalue weighted by Gasteiger charge is 2.15. The number of hydrogen-bond donors (Lipinski definition) is 1. The lowest BCUT2D eigenvalue weighted by molar-refractivity contribution is 0.0952. The summed E-state index contributed by atoms with van der Waals surface area (Å²) in [6.07, 6.45) is 1.72. The van der Waals surface area contributed by atoms with Crippen LogP contribution in [0.25, 0.3) is 22.3 Å². The van der Waals surface area contributed by atoms with Crippen LogP contribution in [0.5, 0.6) is 11.5 Å². The highest BCUT2D eigenvalue weighted by atomic mass is 16.5. The molecule has 0 atom stereocenters. The zero-order chi connectivity index (χ0) is 22.5. The molecule has 6 nitrogen and oxygen atoms in total. The molecule has 2 aromatic carbocycles. The molecule has 2 heterocycles. The number of carbonyl (C=O) groups excluding carboxylic acids is 1. The third-order valence-electron chi connectivity index (χ3n) is 5.12. The number of ether oxygens (including phenoxy) is 2. The maximum Gasteiger partial charge on any atom is 0.252 e. The molecule has 0 radical (unpaired) electrons. The number of hydrogen-bond acceptors (Lipinski definition) is 5. The number of rotatable bonds is 7. The number of amides is 1. The number of fused-ring (bicyclic) bond motifs is 1. The van der Waals surface area contributed by atoms with Crippen molar-refractivity contribution in [2.24, 2.45) is 0 Å². The monoisotopic (exact) mass is 427 g/mol. The van der Waals surface area contributed by atoms with Crippen molar-refractivity contribution in [1.29, 1.82) is 0 Å². The predicted molar refractivity (Wildman–Crippen MR) is 125 cm³/mol. The van der Waals surface area contributed by atoms with E-state index in [4.69, 9.17) is 14.5 Å². The zero-order valence-electron chi connectivity index (χ0n) is 18.4. The van der Waals surface area contributed by atoms with Gasteiger partial charge in [-0.05, 0) is 61.9 Å². The molecule has 162 valence electrons. The average Bonchev–Trinajstić information content (AvgIpc) is 2.82. The number of nitrogens with one attached hydrogen (secondary N) is 1. The van der Waals surface area contributed by atoms with E-state index in [9.17, 15) is 4.79 Å². The molecule has 0 saturated carbocycles. The minimum absolute atomic E-state index is 0.172. The largest absolute Gasteiger partial charge is 0.493 e. The quantitative estimate of drug-likeness (QED) is 0.452. The van der Waals surface area contributed by atoms with Gasteiger partial charge in [0.25, 0.3) is 5.91 Å². The lowest BCUT2D eigenvalue weighted by Gasteiger charge is -2.13. The molecule has 4 aromatic rings. The van der Waals surface area contributed by atoms with Crippen LogP contribution in [-0.2, 0) is 6.54 Å². The fourth-order valence-electron chi connectivity index (χ4n) is 3.55. The Morgan fingerprint density at radius 1 is 1.00 bits per heavy atom. The second-order valence-corrected chi connectivity index (χ2v) is 7.39. The van der Waals surface area contributed by atoms with E-state index < -0.39 is 0 Å². The molecule has 0 aliphatic rings. The molecule has 0 aliphatic heterocycles. The normalized spacial score (nSPS) is 10.7. The number of carbonyl (C=O) groups is 1. The van der Waals surface area contributed by atoms with E-state index in [1.165, 1.54) is 0 Å². The molecule has 2 aromatic heterocycles. The van der Waals surface area contributed by atoms with Crippen LogP contribution >= 0.6 is 0 Å². The second kappa shape index (κ2) is 9.47. The summed E-state index contributed by atoms with van der Waals surface area (Å²) >= 11 is 0. The third kappa shape index (κ3) is 4.54. The van der Waals surface area contributed by atoms with Gasteiger partial charge >= 0.3 is 0 Å². The van der Waals surface area contributed by atoms with Crippen LogP contribution < -0.4 is 14.8 Å². The van der Waals surface area contributed by atoms with Crippen LogP contribution in [-0.4, -0.2) is 29.6 Å². The molecule has 0 spiro atoms. The number of aromatic nitrogens is 2. The summed E-state index contributed by atoms with van der Waals surface area (Å²) in [6, 6.07) is 19.0. The van der Waals surface area contributed by atoms with Crippen molar-refractivity contribution in [3.63, 3.8) is 0 Å². The van der Waals surface area contributed by atoms with Crippen LogP contribution in [0.2, 0.25) is 0 Å². The summed E-state index contributed by atoms with van der Waals surface area (Å²) in [5.41, 5.74) is 4.69. The fraction of sp³-hybridized carbons (Fsp3) is 0.192. The van der Waals surface area contributed by atoms with Gasteiger partial charge < -0.3 is 14.8 Å². The number of benzene rings is 2. The molecule has 1 amide bonds. The van der Waals surface area contributed by atoms with E-state index in [0.29, 0.717) is 35.9 Å². The second-order valence-electron chi connectivity index (χ2n) is 7.39. The molecule has 0 aliphatic carbocycles. The Morgan fingerprint density at radius 3 is 2.62 bits per heavy atom. The lowest BCUT2D eigenvalue weighted by atomic mass is 10.0. The van der Waals surface area contributed by atoms with Crippen LogP contribution in [0.15, 0.2) is 66.9 Å². The first-order valence-corrected chi connectivity index (χ1v) is 10.5. The Bertz CT molecular complexity index is 1260. The SMILES string of the molecule is CCOc1cc(CNC(=O)c2cc(-c3ccccn3)nc3ccc(C)cc23)ccc1OC. The number of pyridine rings is 2. The van der Waals surface area contributed by atoms with Crippen molar-refractivity contribution in [2.45, 2.75) is 20.4 Å². The van der Waals surface area contributed by atoms with Crippen LogP contribution in [0.1, 0.15) is 28.4 Å². The van der Waals surface area contributed by atoms with Crippen molar-refractivity contribution in [1.82, 2.24) is 15.3 Å². The summed E-state index contributed by atoms with van der Waals surface area (Å²) < 4.78 is 11.0. The lowest BCUT2D eigenvalue weighted by Crippen LogP contribution is -2.23. The number of aryl methyl sites for hydroxylation is 1. The van der Waals surface area contributed by atoms with E-state index in [-0.39, 0.29) is 5.91 Å². The average molecular weight is 428 g/mol. The van der Waals surface area contributed by atoms with E-state index >= 15 is 0 Å². The Labute approximate surface area is 187 Å². The van der Waals surface area contributed by atoms with Gasteiger partial charge in [0, 0.05) is 18.1 Å². The van der Waals surface area contributed by atoms with Gasteiger partial charge in [-0.1, -0.05) is 23.8 Å².